The molecule has 1 fully saturated rings. The van der Waals surface area contributed by atoms with E-state index in [4.69, 9.17) is 19.3 Å². The molecule has 3 rings (SSSR count). The number of nitro benzene ring substituents is 1. The van der Waals surface area contributed by atoms with Crippen LogP contribution in [0.25, 0.3) is 0 Å². The first-order chi connectivity index (χ1) is 15.4. The number of nitrogens with zero attached hydrogens (tertiary/aromatic N) is 4. The second-order valence-electron chi connectivity index (χ2n) is 7.20. The van der Waals surface area contributed by atoms with Gasteiger partial charge in [0.2, 0.25) is 0 Å². The fourth-order valence-corrected chi connectivity index (χ4v) is 3.79. The van der Waals surface area contributed by atoms with E-state index in [1.165, 1.54) is 25.2 Å². The molecule has 0 saturated carbocycles. The molecule has 12 heteroatoms. The largest absolute Gasteiger partial charge is 0.466 e. The molecule has 32 heavy (non-hydrogen) atoms. The molecule has 1 saturated heterocycles. The van der Waals surface area contributed by atoms with Crippen LogP contribution < -0.4 is 9.80 Å². The number of nitro groups is 1. The zero-order chi connectivity index (χ0) is 23.3. The molecule has 0 aromatic heterocycles. The average molecular weight is 450 g/mol. The number of aliphatic hydroxyl groups excluding tert-OH is 1. The topological polar surface area (TPSA) is 135 Å². The summed E-state index contributed by atoms with van der Waals surface area (Å²) < 4.78 is 15.0. The first-order valence-electron chi connectivity index (χ1n) is 10.0. The lowest BCUT2D eigenvalue weighted by Crippen LogP contribution is -2.47. The summed E-state index contributed by atoms with van der Waals surface area (Å²) in [6, 6.07) is 4.60. The molecule has 0 unspecified atom stereocenters. The van der Waals surface area contributed by atoms with E-state index in [9.17, 15) is 19.7 Å². The summed E-state index contributed by atoms with van der Waals surface area (Å²) >= 11 is 0. The zero-order valence-electron chi connectivity index (χ0n) is 18.0. The number of methoxy groups -OCH3 is 2. The Bertz CT molecular complexity index is 911. The number of piperazine rings is 1. The number of benzene rings is 1. The van der Waals surface area contributed by atoms with Crippen molar-refractivity contribution >= 4 is 29.0 Å². The SMILES string of the molecule is COC(=O)C1=C(C(=O)OC)N(c2ccc(N3CCN(CCO)CC3)c([N+](=O)[O-])c2)COC1. The summed E-state index contributed by atoms with van der Waals surface area (Å²) in [4.78, 5) is 41.3. The summed E-state index contributed by atoms with van der Waals surface area (Å²) in [6.07, 6.45) is 0. The van der Waals surface area contributed by atoms with Crippen molar-refractivity contribution in [3.8, 4) is 0 Å². The number of ether oxygens (including phenoxy) is 3. The molecular weight excluding hydrogens is 424 g/mol. The predicted octanol–water partition coefficient (Wildman–Crippen LogP) is 0.103. The van der Waals surface area contributed by atoms with Crippen LogP contribution in [-0.2, 0) is 23.8 Å². The highest BCUT2D eigenvalue weighted by Crippen LogP contribution is 2.35. The number of aliphatic hydroxyl groups is 1. The molecule has 1 aromatic carbocycles. The Labute approximate surface area is 184 Å². The standard InChI is InChI=1S/C20H26N4O8/c1-30-19(26)15-12-32-13-23(18(15)20(27)31-2)14-3-4-16(17(11-14)24(28)29)22-7-5-21(6-8-22)9-10-25/h3-4,11,25H,5-10,12-13H2,1-2H3. The second-order valence-corrected chi connectivity index (χ2v) is 7.20. The fourth-order valence-electron chi connectivity index (χ4n) is 3.79. The second kappa shape index (κ2) is 10.4. The van der Waals surface area contributed by atoms with Crippen molar-refractivity contribution in [2.75, 3.05) is 76.7 Å². The molecule has 2 aliphatic heterocycles. The van der Waals surface area contributed by atoms with Crippen LogP contribution in [0.3, 0.4) is 0 Å². The molecule has 174 valence electrons. The number of hydrogen-bond acceptors (Lipinski definition) is 11. The van der Waals surface area contributed by atoms with Crippen molar-refractivity contribution in [3.63, 3.8) is 0 Å². The van der Waals surface area contributed by atoms with Gasteiger partial charge in [0.05, 0.1) is 43.6 Å². The van der Waals surface area contributed by atoms with Crippen LogP contribution in [0.4, 0.5) is 17.1 Å². The number of esters is 2. The summed E-state index contributed by atoms with van der Waals surface area (Å²) in [6.45, 7) is 2.90. The van der Waals surface area contributed by atoms with Crippen molar-refractivity contribution in [2.45, 2.75) is 0 Å². The molecule has 12 nitrogen and oxygen atoms in total. The molecule has 2 heterocycles. The van der Waals surface area contributed by atoms with Crippen LogP contribution in [0.15, 0.2) is 29.5 Å². The Morgan fingerprint density at radius 1 is 1.16 bits per heavy atom. The van der Waals surface area contributed by atoms with Gasteiger partial charge in [0.25, 0.3) is 5.69 Å². The quantitative estimate of drug-likeness (QED) is 0.344. The van der Waals surface area contributed by atoms with Gasteiger partial charge in [-0.1, -0.05) is 0 Å². The van der Waals surface area contributed by atoms with Gasteiger partial charge in [-0.05, 0) is 12.1 Å². The minimum absolute atomic E-state index is 0.0302. The van der Waals surface area contributed by atoms with Gasteiger partial charge in [0.1, 0.15) is 18.1 Å². The molecule has 0 spiro atoms. The Morgan fingerprint density at radius 3 is 2.44 bits per heavy atom. The highest BCUT2D eigenvalue weighted by molar-refractivity contribution is 6.03. The third kappa shape index (κ3) is 4.82. The molecule has 1 aromatic rings. The molecule has 1 N–H and O–H groups in total. The van der Waals surface area contributed by atoms with E-state index in [0.717, 1.165) is 0 Å². The maximum absolute atomic E-state index is 12.4. The minimum Gasteiger partial charge on any atom is -0.466 e. The smallest absolute Gasteiger partial charge is 0.355 e. The third-order valence-electron chi connectivity index (χ3n) is 5.43. The Morgan fingerprint density at radius 2 is 1.84 bits per heavy atom. The number of carbonyl (C=O) groups excluding carboxylic acids is 2. The van der Waals surface area contributed by atoms with Gasteiger partial charge < -0.3 is 29.1 Å². The number of anilines is 2. The van der Waals surface area contributed by atoms with Gasteiger partial charge in [-0.2, -0.15) is 0 Å². The first-order valence-corrected chi connectivity index (χ1v) is 10.0. The van der Waals surface area contributed by atoms with Crippen LogP contribution in [-0.4, -0.2) is 93.8 Å². The Kier molecular flexibility index (Phi) is 7.62. The van der Waals surface area contributed by atoms with Crippen LogP contribution >= 0.6 is 0 Å². The number of rotatable bonds is 7. The Hall–Kier alpha value is -3.22. The molecule has 0 bridgehead atoms. The molecule has 0 amide bonds. The summed E-state index contributed by atoms with van der Waals surface area (Å²) in [5.74, 6) is -1.53. The predicted molar refractivity (Wildman–Crippen MR) is 113 cm³/mol. The van der Waals surface area contributed by atoms with E-state index in [0.29, 0.717) is 44.1 Å². The van der Waals surface area contributed by atoms with Crippen LogP contribution in [0.2, 0.25) is 0 Å². The lowest BCUT2D eigenvalue weighted by Gasteiger charge is -2.36. The van der Waals surface area contributed by atoms with E-state index in [1.807, 2.05) is 4.90 Å². The van der Waals surface area contributed by atoms with E-state index in [-0.39, 0.29) is 36.9 Å². The maximum Gasteiger partial charge on any atom is 0.355 e. The van der Waals surface area contributed by atoms with E-state index < -0.39 is 16.9 Å². The summed E-state index contributed by atoms with van der Waals surface area (Å²) in [5.41, 5.74) is 0.521. The molecule has 0 atom stereocenters. The normalized spacial score (nSPS) is 17.3. The summed E-state index contributed by atoms with van der Waals surface area (Å²) in [7, 11) is 2.36. The van der Waals surface area contributed by atoms with Crippen LogP contribution in [0.5, 0.6) is 0 Å². The number of hydrogen-bond donors (Lipinski definition) is 1. The third-order valence-corrected chi connectivity index (χ3v) is 5.43. The Balaban J connectivity index is 1.96. The minimum atomic E-state index is -0.777. The van der Waals surface area contributed by atoms with Crippen molar-refractivity contribution in [2.24, 2.45) is 0 Å². The van der Waals surface area contributed by atoms with E-state index in [1.54, 1.807) is 12.1 Å². The van der Waals surface area contributed by atoms with E-state index in [2.05, 4.69) is 4.90 Å². The first kappa shape index (κ1) is 23.4. The molecular formula is C20H26N4O8. The fraction of sp³-hybridized carbons (Fsp3) is 0.500. The highest BCUT2D eigenvalue weighted by Gasteiger charge is 2.34. The van der Waals surface area contributed by atoms with Crippen molar-refractivity contribution in [1.29, 1.82) is 0 Å². The lowest BCUT2D eigenvalue weighted by atomic mass is 10.1. The van der Waals surface area contributed by atoms with Gasteiger partial charge in [0.15, 0.2) is 0 Å². The van der Waals surface area contributed by atoms with Gasteiger partial charge in [0, 0.05) is 38.8 Å². The maximum atomic E-state index is 12.4. The van der Waals surface area contributed by atoms with Crippen molar-refractivity contribution in [3.05, 3.63) is 39.6 Å². The molecule has 0 radical (unpaired) electrons. The van der Waals surface area contributed by atoms with Gasteiger partial charge in [-0.3, -0.25) is 15.0 Å². The number of carbonyl (C=O) groups is 2. The molecule has 2 aliphatic rings. The molecule has 0 aliphatic carbocycles. The van der Waals surface area contributed by atoms with Crippen LogP contribution in [0.1, 0.15) is 0 Å². The highest BCUT2D eigenvalue weighted by atomic mass is 16.6. The van der Waals surface area contributed by atoms with Gasteiger partial charge in [-0.25, -0.2) is 9.59 Å². The lowest BCUT2D eigenvalue weighted by molar-refractivity contribution is -0.384. The van der Waals surface area contributed by atoms with Crippen molar-refractivity contribution < 1.29 is 33.8 Å². The zero-order valence-corrected chi connectivity index (χ0v) is 18.0. The summed E-state index contributed by atoms with van der Waals surface area (Å²) in [5, 5.41) is 21.0. The monoisotopic (exact) mass is 450 g/mol. The van der Waals surface area contributed by atoms with E-state index >= 15 is 0 Å². The van der Waals surface area contributed by atoms with Crippen LogP contribution in [0, 0.1) is 10.1 Å². The van der Waals surface area contributed by atoms with Crippen molar-refractivity contribution in [1.82, 2.24) is 4.90 Å². The average Bonchev–Trinajstić information content (AvgIpc) is 2.82. The van der Waals surface area contributed by atoms with Gasteiger partial charge in [-0.15, -0.1) is 0 Å². The number of β-amino-alcohol motifs (C(OH)–C–C–N with tert-alkyl or cyclic N) is 1. The van der Waals surface area contributed by atoms with Gasteiger partial charge >= 0.3 is 11.9 Å².